The van der Waals surface area contributed by atoms with Crippen LogP contribution in [0, 0.1) is 5.41 Å². The van der Waals surface area contributed by atoms with Crippen LogP contribution >= 0.6 is 0 Å². The zero-order chi connectivity index (χ0) is 13.2. The van der Waals surface area contributed by atoms with Crippen molar-refractivity contribution in [2.45, 2.75) is 58.3 Å². The molecule has 0 atom stereocenters. The van der Waals surface area contributed by atoms with E-state index in [4.69, 9.17) is 5.11 Å². The lowest BCUT2D eigenvalue weighted by atomic mass is 9.87. The number of aromatic nitrogens is 2. The van der Waals surface area contributed by atoms with E-state index in [-0.39, 0.29) is 0 Å². The van der Waals surface area contributed by atoms with E-state index in [9.17, 15) is 4.79 Å². The molecule has 0 amide bonds. The van der Waals surface area contributed by atoms with Crippen molar-refractivity contribution >= 4 is 5.97 Å². The maximum atomic E-state index is 11.1. The molecule has 1 aliphatic rings. The Morgan fingerprint density at radius 2 is 2.11 bits per heavy atom. The first-order chi connectivity index (χ1) is 8.49. The number of hydrogen-bond donors (Lipinski definition) is 2. The molecule has 1 aliphatic carbocycles. The molecular formula is C14H22N2O2. The van der Waals surface area contributed by atoms with E-state index in [1.807, 2.05) is 6.20 Å². The summed E-state index contributed by atoms with van der Waals surface area (Å²) in [6.45, 7) is 3.47. The molecule has 1 aromatic heterocycles. The van der Waals surface area contributed by atoms with Crippen molar-refractivity contribution < 1.29 is 9.90 Å². The maximum absolute atomic E-state index is 11.1. The second-order valence-electron chi connectivity index (χ2n) is 5.99. The number of carbonyl (C=O) groups is 1. The van der Waals surface area contributed by atoms with Crippen LogP contribution in [0.4, 0.5) is 0 Å². The molecule has 1 heterocycles. The van der Waals surface area contributed by atoms with Crippen LogP contribution in [-0.4, -0.2) is 21.0 Å². The standard InChI is InChI=1S/C14H22N2O2/c1-14(2,13(17)18)8-12-15-9-11(16-12)10-6-4-3-5-7-10/h9-10H,3-8H2,1-2H3,(H,15,16)(H,17,18). The lowest BCUT2D eigenvalue weighted by Gasteiger charge is -2.20. The fraction of sp³-hybridized carbons (Fsp3) is 0.714. The molecule has 0 unspecified atom stereocenters. The summed E-state index contributed by atoms with van der Waals surface area (Å²) in [5.41, 5.74) is 0.424. The van der Waals surface area contributed by atoms with E-state index in [1.165, 1.54) is 37.8 Å². The predicted molar refractivity (Wildman–Crippen MR) is 69.5 cm³/mol. The molecule has 0 aliphatic heterocycles. The monoisotopic (exact) mass is 250 g/mol. The zero-order valence-electron chi connectivity index (χ0n) is 11.2. The Morgan fingerprint density at radius 1 is 1.44 bits per heavy atom. The van der Waals surface area contributed by atoms with Gasteiger partial charge in [-0.05, 0) is 26.7 Å². The van der Waals surface area contributed by atoms with Crippen molar-refractivity contribution in [2.75, 3.05) is 0 Å². The van der Waals surface area contributed by atoms with Gasteiger partial charge in [0.1, 0.15) is 5.82 Å². The minimum Gasteiger partial charge on any atom is -0.481 e. The van der Waals surface area contributed by atoms with Crippen molar-refractivity contribution in [1.82, 2.24) is 9.97 Å². The number of imidazole rings is 1. The number of carboxylic acid groups (broad SMARTS) is 1. The van der Waals surface area contributed by atoms with E-state index < -0.39 is 11.4 Å². The molecule has 1 saturated carbocycles. The van der Waals surface area contributed by atoms with Gasteiger partial charge in [-0.2, -0.15) is 0 Å². The fourth-order valence-corrected chi connectivity index (χ4v) is 2.58. The number of carboxylic acids is 1. The Hall–Kier alpha value is -1.32. The first-order valence-electron chi connectivity index (χ1n) is 6.76. The number of rotatable bonds is 4. The third kappa shape index (κ3) is 2.92. The molecule has 4 heteroatoms. The Labute approximate surface area is 108 Å². The van der Waals surface area contributed by atoms with Crippen LogP contribution in [0.3, 0.4) is 0 Å². The summed E-state index contributed by atoms with van der Waals surface area (Å²) >= 11 is 0. The second-order valence-corrected chi connectivity index (χ2v) is 5.99. The van der Waals surface area contributed by atoms with Crippen molar-refractivity contribution in [2.24, 2.45) is 5.41 Å². The zero-order valence-corrected chi connectivity index (χ0v) is 11.2. The first-order valence-corrected chi connectivity index (χ1v) is 6.76. The summed E-state index contributed by atoms with van der Waals surface area (Å²) < 4.78 is 0. The number of nitrogens with one attached hydrogen (secondary N) is 1. The van der Waals surface area contributed by atoms with Crippen molar-refractivity contribution in [3.05, 3.63) is 17.7 Å². The molecule has 2 rings (SSSR count). The van der Waals surface area contributed by atoms with Crippen LogP contribution in [0.2, 0.25) is 0 Å². The second kappa shape index (κ2) is 5.12. The van der Waals surface area contributed by atoms with Crippen LogP contribution in [0.25, 0.3) is 0 Å². The SMILES string of the molecule is CC(C)(Cc1ncc(C2CCCCC2)[nH]1)C(=O)O. The van der Waals surface area contributed by atoms with Gasteiger partial charge < -0.3 is 10.1 Å². The van der Waals surface area contributed by atoms with Crippen molar-refractivity contribution in [3.8, 4) is 0 Å². The van der Waals surface area contributed by atoms with E-state index in [2.05, 4.69) is 9.97 Å². The molecule has 0 saturated heterocycles. The predicted octanol–water partition coefficient (Wildman–Crippen LogP) is 3.11. The van der Waals surface area contributed by atoms with Gasteiger partial charge in [0.2, 0.25) is 0 Å². The summed E-state index contributed by atoms with van der Waals surface area (Å²) in [6, 6.07) is 0. The fourth-order valence-electron chi connectivity index (χ4n) is 2.58. The Morgan fingerprint density at radius 3 is 2.72 bits per heavy atom. The quantitative estimate of drug-likeness (QED) is 0.862. The van der Waals surface area contributed by atoms with E-state index in [0.717, 1.165) is 5.82 Å². The van der Waals surface area contributed by atoms with Crippen molar-refractivity contribution in [3.63, 3.8) is 0 Å². The van der Waals surface area contributed by atoms with Crippen LogP contribution in [0.5, 0.6) is 0 Å². The molecule has 0 radical (unpaired) electrons. The Kier molecular flexibility index (Phi) is 3.73. The highest BCUT2D eigenvalue weighted by molar-refractivity contribution is 5.73. The van der Waals surface area contributed by atoms with Crippen LogP contribution in [0.15, 0.2) is 6.20 Å². The van der Waals surface area contributed by atoms with Gasteiger partial charge in [-0.1, -0.05) is 19.3 Å². The summed E-state index contributed by atoms with van der Waals surface area (Å²) in [5, 5.41) is 9.12. The van der Waals surface area contributed by atoms with Crippen molar-refractivity contribution in [1.29, 1.82) is 0 Å². The number of aliphatic carboxylic acids is 1. The molecule has 1 fully saturated rings. The van der Waals surface area contributed by atoms with Gasteiger partial charge in [-0.15, -0.1) is 0 Å². The van der Waals surface area contributed by atoms with E-state index in [1.54, 1.807) is 13.8 Å². The third-order valence-electron chi connectivity index (χ3n) is 3.88. The molecule has 0 spiro atoms. The van der Waals surface area contributed by atoms with Gasteiger partial charge in [0.25, 0.3) is 0 Å². The average Bonchev–Trinajstić information content (AvgIpc) is 2.78. The molecule has 0 aromatic carbocycles. The highest BCUT2D eigenvalue weighted by atomic mass is 16.4. The topological polar surface area (TPSA) is 66.0 Å². The molecule has 100 valence electrons. The molecule has 18 heavy (non-hydrogen) atoms. The minimum atomic E-state index is -0.780. The smallest absolute Gasteiger partial charge is 0.309 e. The lowest BCUT2D eigenvalue weighted by molar-refractivity contribution is -0.146. The molecule has 2 N–H and O–H groups in total. The van der Waals surface area contributed by atoms with Crippen LogP contribution in [-0.2, 0) is 11.2 Å². The van der Waals surface area contributed by atoms with Gasteiger partial charge in [0.05, 0.1) is 5.41 Å². The van der Waals surface area contributed by atoms with E-state index in [0.29, 0.717) is 12.3 Å². The minimum absolute atomic E-state index is 0.453. The summed E-state index contributed by atoms with van der Waals surface area (Å²) in [7, 11) is 0. The Balaban J connectivity index is 2.03. The number of H-pyrrole nitrogens is 1. The van der Waals surface area contributed by atoms with Gasteiger partial charge in [0, 0.05) is 24.2 Å². The maximum Gasteiger partial charge on any atom is 0.309 e. The molecular weight excluding hydrogens is 228 g/mol. The molecule has 1 aromatic rings. The average molecular weight is 250 g/mol. The number of aromatic amines is 1. The number of hydrogen-bond acceptors (Lipinski definition) is 2. The third-order valence-corrected chi connectivity index (χ3v) is 3.88. The lowest BCUT2D eigenvalue weighted by Crippen LogP contribution is -2.26. The Bertz CT molecular complexity index is 417. The summed E-state index contributed by atoms with van der Waals surface area (Å²) in [6.07, 6.45) is 8.72. The highest BCUT2D eigenvalue weighted by Gasteiger charge is 2.29. The number of nitrogens with zero attached hydrogens (tertiary/aromatic N) is 1. The van der Waals surface area contributed by atoms with Gasteiger partial charge in [-0.25, -0.2) is 4.98 Å². The molecule has 4 nitrogen and oxygen atoms in total. The van der Waals surface area contributed by atoms with Gasteiger partial charge in [0.15, 0.2) is 0 Å². The largest absolute Gasteiger partial charge is 0.481 e. The van der Waals surface area contributed by atoms with Gasteiger partial charge >= 0.3 is 5.97 Å². The van der Waals surface area contributed by atoms with Gasteiger partial charge in [-0.3, -0.25) is 4.79 Å². The van der Waals surface area contributed by atoms with Crippen LogP contribution < -0.4 is 0 Å². The summed E-state index contributed by atoms with van der Waals surface area (Å²) in [4.78, 5) is 18.8. The molecule has 0 bridgehead atoms. The first kappa shape index (κ1) is 13.1. The highest BCUT2D eigenvalue weighted by Crippen LogP contribution is 2.32. The van der Waals surface area contributed by atoms with E-state index >= 15 is 0 Å². The van der Waals surface area contributed by atoms with Crippen LogP contribution in [0.1, 0.15) is 63.4 Å². The normalized spacial score (nSPS) is 17.9. The summed E-state index contributed by atoms with van der Waals surface area (Å²) in [5.74, 6) is 0.606.